The third-order valence-corrected chi connectivity index (χ3v) is 8.10. The van der Waals surface area contributed by atoms with Crippen LogP contribution in [0.15, 0.2) is 95.9 Å². The Morgan fingerprint density at radius 2 is 1.67 bits per heavy atom. The van der Waals surface area contributed by atoms with Crippen LogP contribution in [0.3, 0.4) is 0 Å². The van der Waals surface area contributed by atoms with E-state index in [4.69, 9.17) is 0 Å². The number of anilines is 2. The van der Waals surface area contributed by atoms with Gasteiger partial charge in [-0.05, 0) is 54.6 Å². The Bertz CT molecular complexity index is 1520. The molecule has 2 unspecified atom stereocenters. The zero-order valence-corrected chi connectivity index (χ0v) is 22.6. The third-order valence-electron chi connectivity index (χ3n) is 6.88. The smallest absolute Gasteiger partial charge is 0.255 e. The molecule has 8 heteroatoms. The standard InChI is InChI=1S/C31H30N4O3S/c1-20(32-2)29(36)34-26-19-39-28-25(33-30(37)22-11-4-3-5-12-22)16-9-17-27(28)35(31(26)38)18-23-14-8-13-21-10-6-7-15-24(21)23/h3-17,20,26,32H,18-19H2,1-2H3,(H,33,37)(H,34,36). The van der Waals surface area contributed by atoms with Crippen molar-refractivity contribution in [3.63, 3.8) is 0 Å². The summed E-state index contributed by atoms with van der Waals surface area (Å²) in [5, 5.41) is 11.0. The van der Waals surface area contributed by atoms with Crippen molar-refractivity contribution in [2.24, 2.45) is 0 Å². The maximum Gasteiger partial charge on any atom is 0.255 e. The molecule has 0 aromatic heterocycles. The Morgan fingerprint density at radius 3 is 2.46 bits per heavy atom. The van der Waals surface area contributed by atoms with E-state index < -0.39 is 12.1 Å². The van der Waals surface area contributed by atoms with Gasteiger partial charge in [0.05, 0.1) is 28.9 Å². The number of carbonyl (C=O) groups is 3. The molecule has 0 spiro atoms. The molecular formula is C31H30N4O3S. The number of carbonyl (C=O) groups excluding carboxylic acids is 3. The molecular weight excluding hydrogens is 508 g/mol. The molecule has 0 saturated heterocycles. The minimum Gasteiger partial charge on any atom is -0.342 e. The van der Waals surface area contributed by atoms with Gasteiger partial charge in [0.1, 0.15) is 6.04 Å². The van der Waals surface area contributed by atoms with Crippen LogP contribution in [0.4, 0.5) is 11.4 Å². The van der Waals surface area contributed by atoms with Gasteiger partial charge in [-0.15, -0.1) is 11.8 Å². The average molecular weight is 539 g/mol. The van der Waals surface area contributed by atoms with E-state index in [-0.39, 0.29) is 17.7 Å². The molecule has 1 heterocycles. The highest BCUT2D eigenvalue weighted by molar-refractivity contribution is 7.99. The van der Waals surface area contributed by atoms with Crippen molar-refractivity contribution < 1.29 is 14.4 Å². The van der Waals surface area contributed by atoms with E-state index in [0.717, 1.165) is 21.2 Å². The van der Waals surface area contributed by atoms with Gasteiger partial charge in [0, 0.05) is 11.3 Å². The second-order valence-electron chi connectivity index (χ2n) is 9.42. The van der Waals surface area contributed by atoms with Crippen LogP contribution < -0.4 is 20.9 Å². The van der Waals surface area contributed by atoms with E-state index in [1.807, 2.05) is 78.9 Å². The van der Waals surface area contributed by atoms with Crippen molar-refractivity contribution in [3.8, 4) is 0 Å². The lowest BCUT2D eigenvalue weighted by atomic mass is 10.0. The first-order valence-electron chi connectivity index (χ1n) is 12.8. The molecule has 3 N–H and O–H groups in total. The average Bonchev–Trinajstić information content (AvgIpc) is 3.10. The molecule has 0 bridgehead atoms. The zero-order valence-electron chi connectivity index (χ0n) is 21.8. The molecule has 1 aliphatic heterocycles. The molecule has 3 amide bonds. The molecule has 7 nitrogen and oxygen atoms in total. The molecule has 4 aromatic carbocycles. The summed E-state index contributed by atoms with van der Waals surface area (Å²) >= 11 is 1.45. The highest BCUT2D eigenvalue weighted by Crippen LogP contribution is 2.41. The summed E-state index contributed by atoms with van der Waals surface area (Å²) in [5.41, 5.74) is 2.86. The van der Waals surface area contributed by atoms with Crippen LogP contribution in [0.1, 0.15) is 22.8 Å². The predicted octanol–water partition coefficient (Wildman–Crippen LogP) is 4.82. The van der Waals surface area contributed by atoms with Gasteiger partial charge in [0.15, 0.2) is 0 Å². The number of nitrogens with one attached hydrogen (secondary N) is 3. The number of likely N-dealkylation sites (N-methyl/N-ethyl adjacent to an activating group) is 1. The maximum absolute atomic E-state index is 14.0. The number of amides is 3. The number of nitrogens with zero attached hydrogens (tertiary/aromatic N) is 1. The second-order valence-corrected chi connectivity index (χ2v) is 10.4. The van der Waals surface area contributed by atoms with Gasteiger partial charge in [-0.3, -0.25) is 14.4 Å². The highest BCUT2D eigenvalue weighted by Gasteiger charge is 2.34. The third kappa shape index (κ3) is 5.67. The molecule has 5 rings (SSSR count). The number of benzene rings is 4. The Hall–Kier alpha value is -4.14. The van der Waals surface area contributed by atoms with Gasteiger partial charge in [-0.1, -0.05) is 66.7 Å². The Morgan fingerprint density at radius 1 is 0.949 bits per heavy atom. The zero-order chi connectivity index (χ0) is 27.4. The number of fused-ring (bicyclic) bond motifs is 2. The summed E-state index contributed by atoms with van der Waals surface area (Å²) in [6, 6.07) is 27.5. The molecule has 0 saturated carbocycles. The summed E-state index contributed by atoms with van der Waals surface area (Å²) in [6.45, 7) is 2.07. The van der Waals surface area contributed by atoms with E-state index in [0.29, 0.717) is 29.2 Å². The van der Waals surface area contributed by atoms with Crippen molar-refractivity contribution >= 4 is 51.6 Å². The Kier molecular flexibility index (Phi) is 7.95. The number of thioether (sulfide) groups is 1. The molecule has 2 atom stereocenters. The van der Waals surface area contributed by atoms with Crippen LogP contribution in [0.2, 0.25) is 0 Å². The van der Waals surface area contributed by atoms with Gasteiger partial charge in [-0.25, -0.2) is 0 Å². The molecule has 39 heavy (non-hydrogen) atoms. The molecule has 1 aliphatic rings. The molecule has 4 aromatic rings. The normalized spacial score (nSPS) is 15.8. The van der Waals surface area contributed by atoms with Gasteiger partial charge < -0.3 is 20.9 Å². The Labute approximate surface area is 232 Å². The first kappa shape index (κ1) is 26.5. The second kappa shape index (κ2) is 11.7. The van der Waals surface area contributed by atoms with Gasteiger partial charge in [0.25, 0.3) is 11.8 Å². The molecule has 0 fully saturated rings. The van der Waals surface area contributed by atoms with E-state index in [1.54, 1.807) is 31.0 Å². The summed E-state index contributed by atoms with van der Waals surface area (Å²) in [4.78, 5) is 42.3. The van der Waals surface area contributed by atoms with Crippen LogP contribution >= 0.6 is 11.8 Å². The molecule has 0 aliphatic carbocycles. The lowest BCUT2D eigenvalue weighted by molar-refractivity contribution is -0.128. The topological polar surface area (TPSA) is 90.5 Å². The fraction of sp³-hybridized carbons (Fsp3) is 0.194. The van der Waals surface area contributed by atoms with E-state index in [9.17, 15) is 14.4 Å². The molecule has 198 valence electrons. The summed E-state index contributed by atoms with van der Waals surface area (Å²) in [5.74, 6) is -0.339. The Balaban J connectivity index is 1.54. The monoisotopic (exact) mass is 538 g/mol. The van der Waals surface area contributed by atoms with Gasteiger partial charge >= 0.3 is 0 Å². The van der Waals surface area contributed by atoms with E-state index in [2.05, 4.69) is 16.0 Å². The van der Waals surface area contributed by atoms with E-state index >= 15 is 0 Å². The van der Waals surface area contributed by atoms with Gasteiger partial charge in [-0.2, -0.15) is 0 Å². The summed E-state index contributed by atoms with van der Waals surface area (Å²) in [7, 11) is 1.71. The van der Waals surface area contributed by atoms with Crippen LogP contribution in [0.5, 0.6) is 0 Å². The maximum atomic E-state index is 14.0. The summed E-state index contributed by atoms with van der Waals surface area (Å²) < 4.78 is 0. The summed E-state index contributed by atoms with van der Waals surface area (Å²) in [6.07, 6.45) is 0. The molecule has 0 radical (unpaired) electrons. The highest BCUT2D eigenvalue weighted by atomic mass is 32.2. The van der Waals surface area contributed by atoms with Gasteiger partial charge in [0.2, 0.25) is 5.91 Å². The minimum absolute atomic E-state index is 0.197. The lowest BCUT2D eigenvalue weighted by Gasteiger charge is -2.27. The SMILES string of the molecule is CNC(C)C(=O)NC1CSc2c(NC(=O)c3ccccc3)cccc2N(Cc2cccc3ccccc23)C1=O. The minimum atomic E-state index is -0.738. The quantitative estimate of drug-likeness (QED) is 0.314. The van der Waals surface area contributed by atoms with Crippen molar-refractivity contribution in [1.29, 1.82) is 0 Å². The predicted molar refractivity (Wildman–Crippen MR) is 157 cm³/mol. The number of hydrogen-bond acceptors (Lipinski definition) is 5. The number of rotatable bonds is 7. The number of hydrogen-bond donors (Lipinski definition) is 3. The van der Waals surface area contributed by atoms with Crippen LogP contribution in [-0.2, 0) is 16.1 Å². The van der Waals surface area contributed by atoms with Crippen LogP contribution in [-0.4, -0.2) is 42.6 Å². The van der Waals surface area contributed by atoms with Crippen molar-refractivity contribution in [2.75, 3.05) is 23.0 Å². The van der Waals surface area contributed by atoms with Crippen LogP contribution in [0.25, 0.3) is 10.8 Å². The van der Waals surface area contributed by atoms with Crippen molar-refractivity contribution in [1.82, 2.24) is 10.6 Å². The lowest BCUT2D eigenvalue weighted by Crippen LogP contribution is -2.53. The van der Waals surface area contributed by atoms with E-state index in [1.165, 1.54) is 11.8 Å². The van der Waals surface area contributed by atoms with Crippen LogP contribution in [0, 0.1) is 0 Å². The fourth-order valence-corrected chi connectivity index (χ4v) is 5.77. The van der Waals surface area contributed by atoms with Crippen molar-refractivity contribution in [2.45, 2.75) is 30.4 Å². The first-order chi connectivity index (χ1) is 19.0. The fourth-order valence-electron chi connectivity index (χ4n) is 4.61. The largest absolute Gasteiger partial charge is 0.342 e. The first-order valence-corrected chi connectivity index (χ1v) is 13.8. The van der Waals surface area contributed by atoms with Crippen molar-refractivity contribution in [3.05, 3.63) is 102 Å².